The fourth-order valence-corrected chi connectivity index (χ4v) is 10.1. The number of carbonyl (C=O) groups excluding carboxylic acids is 1. The molecule has 0 aliphatic carbocycles. The van der Waals surface area contributed by atoms with Gasteiger partial charge in [0.15, 0.2) is 0 Å². The van der Waals surface area contributed by atoms with E-state index in [1.165, 1.54) is 24.3 Å². The maximum Gasteiger partial charge on any atom is 0.211 e. The monoisotopic (exact) mass is 926 g/mol. The van der Waals surface area contributed by atoms with Gasteiger partial charge in [-0.2, -0.15) is 0 Å². The number of hydrogen-bond acceptors (Lipinski definition) is 6. The molecule has 0 bridgehead atoms. The molecule has 0 radical (unpaired) electrons. The number of amides is 1. The van der Waals surface area contributed by atoms with E-state index >= 15 is 8.78 Å². The van der Waals surface area contributed by atoms with Crippen LogP contribution in [-0.2, 0) is 23.2 Å². The third-order valence-corrected chi connectivity index (χ3v) is 13.3. The van der Waals surface area contributed by atoms with E-state index in [-0.39, 0.29) is 13.1 Å². The SMILES string of the molecule is Cc1ccc(F)cc1Oc1c(C2(c3c(Oc4cc(F)ccc4C)n(-c4ccccc4)c4c(Cc5ccccc5)nccc34)CNCCN2C=O)c2ccnc(Cc3ccccc3)c2n1-c1ccccc1. The van der Waals surface area contributed by atoms with Gasteiger partial charge in [-0.1, -0.05) is 109 Å². The molecule has 1 fully saturated rings. The molecule has 1 N–H and O–H groups in total. The Kier molecular flexibility index (Phi) is 11.7. The van der Waals surface area contributed by atoms with Gasteiger partial charge in [-0.05, 0) is 84.6 Å². The van der Waals surface area contributed by atoms with Crippen LogP contribution in [-0.4, -0.2) is 50.0 Å². The molecule has 10 aromatic rings. The normalized spacial score (nSPS) is 13.5. The summed E-state index contributed by atoms with van der Waals surface area (Å²) in [7, 11) is 0. The Morgan fingerprint density at radius 3 is 1.44 bits per heavy atom. The van der Waals surface area contributed by atoms with Gasteiger partial charge in [0.1, 0.15) is 28.7 Å². The zero-order chi connectivity index (χ0) is 47.8. The molecule has 0 atom stereocenters. The largest absolute Gasteiger partial charge is 0.440 e. The molecule has 11 rings (SSSR count). The average molecular weight is 927 g/mol. The van der Waals surface area contributed by atoms with Crippen molar-refractivity contribution in [1.29, 1.82) is 0 Å². The van der Waals surface area contributed by atoms with Crippen LogP contribution in [0.1, 0.15) is 44.8 Å². The summed E-state index contributed by atoms with van der Waals surface area (Å²) in [5.41, 5.74) is 7.75. The number of aryl methyl sites for hydroxylation is 2. The predicted octanol–water partition coefficient (Wildman–Crippen LogP) is 12.3. The van der Waals surface area contributed by atoms with Crippen LogP contribution in [0.2, 0.25) is 0 Å². The molecule has 70 heavy (non-hydrogen) atoms. The number of nitrogens with zero attached hydrogens (tertiary/aromatic N) is 5. The summed E-state index contributed by atoms with van der Waals surface area (Å²) in [6.07, 6.45) is 5.42. The van der Waals surface area contributed by atoms with E-state index in [9.17, 15) is 4.79 Å². The van der Waals surface area contributed by atoms with Crippen LogP contribution in [0.25, 0.3) is 33.2 Å². The van der Waals surface area contributed by atoms with Gasteiger partial charge in [-0.25, -0.2) is 8.78 Å². The van der Waals surface area contributed by atoms with Crippen molar-refractivity contribution in [2.75, 3.05) is 19.6 Å². The Morgan fingerprint density at radius 2 is 1.01 bits per heavy atom. The van der Waals surface area contributed by atoms with Gasteiger partial charge in [0.25, 0.3) is 0 Å². The number of rotatable bonds is 13. The van der Waals surface area contributed by atoms with E-state index in [0.717, 1.165) is 62.1 Å². The highest BCUT2D eigenvalue weighted by Crippen LogP contribution is 2.55. The van der Waals surface area contributed by atoms with Crippen LogP contribution in [0.4, 0.5) is 8.78 Å². The highest BCUT2D eigenvalue weighted by Gasteiger charge is 2.52. The lowest BCUT2D eigenvalue weighted by Crippen LogP contribution is -2.59. The van der Waals surface area contributed by atoms with E-state index in [4.69, 9.17) is 19.4 Å². The zero-order valence-electron chi connectivity index (χ0n) is 38.7. The predicted molar refractivity (Wildman–Crippen MR) is 269 cm³/mol. The van der Waals surface area contributed by atoms with Crippen LogP contribution in [0.15, 0.2) is 182 Å². The van der Waals surface area contributed by atoms with Crippen molar-refractivity contribution in [3.05, 3.63) is 239 Å². The molecule has 346 valence electrons. The van der Waals surface area contributed by atoms with E-state index in [2.05, 4.69) is 38.7 Å². The van der Waals surface area contributed by atoms with Crippen molar-refractivity contribution in [2.24, 2.45) is 0 Å². The number of carbonyl (C=O) groups is 1. The third-order valence-electron chi connectivity index (χ3n) is 13.3. The molecular formula is C59H48F2N6O3. The quantitative estimate of drug-likeness (QED) is 0.116. The number of fused-ring (bicyclic) bond motifs is 2. The Balaban J connectivity index is 1.34. The van der Waals surface area contributed by atoms with Crippen molar-refractivity contribution in [2.45, 2.75) is 32.2 Å². The summed E-state index contributed by atoms with van der Waals surface area (Å²) in [6.45, 7) is 4.70. The first kappa shape index (κ1) is 44.1. The van der Waals surface area contributed by atoms with Crippen LogP contribution in [0.5, 0.6) is 23.3 Å². The summed E-state index contributed by atoms with van der Waals surface area (Å²) in [5.74, 6) is 0.348. The van der Waals surface area contributed by atoms with Gasteiger partial charge in [-0.3, -0.25) is 23.9 Å². The topological polar surface area (TPSA) is 86.4 Å². The van der Waals surface area contributed by atoms with Crippen LogP contribution < -0.4 is 14.8 Å². The smallest absolute Gasteiger partial charge is 0.211 e. The van der Waals surface area contributed by atoms with Crippen LogP contribution in [0, 0.1) is 25.5 Å². The van der Waals surface area contributed by atoms with Gasteiger partial charge >= 0.3 is 0 Å². The number of para-hydroxylation sites is 2. The second-order valence-corrected chi connectivity index (χ2v) is 17.7. The molecule has 1 aliphatic heterocycles. The molecule has 6 aromatic carbocycles. The summed E-state index contributed by atoms with van der Waals surface area (Å²) in [6, 6.07) is 53.0. The van der Waals surface area contributed by atoms with Crippen molar-refractivity contribution in [1.82, 2.24) is 29.3 Å². The van der Waals surface area contributed by atoms with Crippen molar-refractivity contribution < 1.29 is 23.0 Å². The molecule has 9 nitrogen and oxygen atoms in total. The minimum atomic E-state index is -1.47. The van der Waals surface area contributed by atoms with Crippen LogP contribution >= 0.6 is 0 Å². The zero-order valence-corrected chi connectivity index (χ0v) is 38.7. The molecule has 4 aromatic heterocycles. The fourth-order valence-electron chi connectivity index (χ4n) is 10.1. The lowest BCUT2D eigenvalue weighted by atomic mass is 9.78. The number of benzene rings is 6. The van der Waals surface area contributed by atoms with Crippen molar-refractivity contribution in [3.8, 4) is 34.6 Å². The summed E-state index contributed by atoms with van der Waals surface area (Å²) >= 11 is 0. The molecular weight excluding hydrogens is 879 g/mol. The molecule has 1 aliphatic rings. The third kappa shape index (κ3) is 7.83. The Labute approximate surface area is 404 Å². The molecule has 1 amide bonds. The van der Waals surface area contributed by atoms with Gasteiger partial charge in [0.2, 0.25) is 18.2 Å². The Hall–Kier alpha value is -8.41. The summed E-state index contributed by atoms with van der Waals surface area (Å²) in [4.78, 5) is 26.4. The number of hydrogen-bond donors (Lipinski definition) is 1. The number of aromatic nitrogens is 4. The molecule has 11 heteroatoms. The average Bonchev–Trinajstić information content (AvgIpc) is 3.91. The standard InChI is InChI=1S/C59H48F2N6O3/c1-39-23-25-43(60)35-51(39)69-57-53(47-27-29-63-49(33-41-15-7-3-8-16-41)55(47)66(57)45-19-11-5-12-20-45)59(37-62-31-32-65(59)38-68)54-48-28-30-64-50(34-42-17-9-4-10-18-42)56(48)67(46-21-13-6-14-22-46)58(54)70-52-36-44(61)26-24-40(52)2/h3-30,35-36,38,62H,31-34,37H2,1-2H3. The van der Waals surface area contributed by atoms with E-state index in [0.29, 0.717) is 64.9 Å². The molecule has 0 spiro atoms. The van der Waals surface area contributed by atoms with Gasteiger partial charge < -0.3 is 19.7 Å². The minimum Gasteiger partial charge on any atom is -0.440 e. The van der Waals surface area contributed by atoms with Gasteiger partial charge in [0, 0.05) is 79.1 Å². The number of halogens is 2. The minimum absolute atomic E-state index is 0.178. The molecule has 0 unspecified atom stereocenters. The number of pyridine rings is 2. The van der Waals surface area contributed by atoms with E-state index in [1.54, 1.807) is 24.5 Å². The first-order valence-corrected chi connectivity index (χ1v) is 23.4. The highest BCUT2D eigenvalue weighted by molar-refractivity contribution is 5.97. The van der Waals surface area contributed by atoms with Crippen molar-refractivity contribution >= 4 is 28.2 Å². The molecule has 0 saturated carbocycles. The first-order chi connectivity index (χ1) is 34.3. The van der Waals surface area contributed by atoms with Crippen LogP contribution in [0.3, 0.4) is 0 Å². The maximum absolute atomic E-state index is 15.5. The fraction of sp³-hybridized carbons (Fsp3) is 0.136. The second kappa shape index (κ2) is 18.6. The second-order valence-electron chi connectivity index (χ2n) is 17.7. The first-order valence-electron chi connectivity index (χ1n) is 23.4. The lowest BCUT2D eigenvalue weighted by molar-refractivity contribution is -0.124. The van der Waals surface area contributed by atoms with Gasteiger partial charge in [-0.15, -0.1) is 0 Å². The summed E-state index contributed by atoms with van der Waals surface area (Å²) in [5, 5.41) is 5.21. The van der Waals surface area contributed by atoms with E-state index < -0.39 is 17.2 Å². The highest BCUT2D eigenvalue weighted by atomic mass is 19.1. The number of nitrogens with one attached hydrogen (secondary N) is 1. The maximum atomic E-state index is 15.5. The Bertz CT molecular complexity index is 3310. The molecule has 1 saturated heterocycles. The number of piperazine rings is 1. The van der Waals surface area contributed by atoms with E-state index in [1.807, 2.05) is 128 Å². The van der Waals surface area contributed by atoms with Crippen molar-refractivity contribution in [3.63, 3.8) is 0 Å². The lowest BCUT2D eigenvalue weighted by Gasteiger charge is -2.46. The number of ether oxygens (including phenoxy) is 2. The summed E-state index contributed by atoms with van der Waals surface area (Å²) < 4.78 is 49.8. The molecule has 5 heterocycles. The Morgan fingerprint density at radius 1 is 0.586 bits per heavy atom. The van der Waals surface area contributed by atoms with Gasteiger partial charge in [0.05, 0.1) is 33.5 Å².